The average Bonchev–Trinajstić information content (AvgIpc) is 3.47. The SMILES string of the molecule is CN(C1CC1)S(=O)(=O)c1ccc(C(=O)Nc2nc(-c3ccc(F)cc3)cs2)cc1. The predicted molar refractivity (Wildman–Crippen MR) is 110 cm³/mol. The smallest absolute Gasteiger partial charge is 0.257 e. The van der Waals surface area contributed by atoms with Crippen molar-refractivity contribution in [1.82, 2.24) is 9.29 Å². The molecule has 150 valence electrons. The zero-order valence-electron chi connectivity index (χ0n) is 15.5. The highest BCUT2D eigenvalue weighted by Crippen LogP contribution is 2.30. The van der Waals surface area contributed by atoms with Gasteiger partial charge in [-0.1, -0.05) is 0 Å². The van der Waals surface area contributed by atoms with E-state index in [9.17, 15) is 17.6 Å². The molecule has 6 nitrogen and oxygen atoms in total. The van der Waals surface area contributed by atoms with Gasteiger partial charge in [-0.15, -0.1) is 11.3 Å². The van der Waals surface area contributed by atoms with Crippen LogP contribution in [0, 0.1) is 5.82 Å². The quantitative estimate of drug-likeness (QED) is 0.640. The number of nitrogens with zero attached hydrogens (tertiary/aromatic N) is 2. The first-order valence-electron chi connectivity index (χ1n) is 8.95. The topological polar surface area (TPSA) is 79.4 Å². The molecule has 1 saturated carbocycles. The fourth-order valence-electron chi connectivity index (χ4n) is 2.83. The van der Waals surface area contributed by atoms with Crippen molar-refractivity contribution < 1.29 is 17.6 Å². The molecule has 0 unspecified atom stereocenters. The van der Waals surface area contributed by atoms with Gasteiger partial charge in [-0.2, -0.15) is 4.31 Å². The number of benzene rings is 2. The van der Waals surface area contributed by atoms with E-state index < -0.39 is 10.0 Å². The molecule has 0 radical (unpaired) electrons. The number of carbonyl (C=O) groups excluding carboxylic acids is 1. The third kappa shape index (κ3) is 4.21. The fourth-order valence-corrected chi connectivity index (χ4v) is 4.96. The van der Waals surface area contributed by atoms with E-state index in [1.165, 1.54) is 52.0 Å². The molecule has 1 aliphatic rings. The zero-order chi connectivity index (χ0) is 20.6. The molecular formula is C20H18FN3O3S2. The molecule has 1 aliphatic carbocycles. The largest absolute Gasteiger partial charge is 0.298 e. The lowest BCUT2D eigenvalue weighted by Gasteiger charge is -2.16. The molecule has 0 spiro atoms. The van der Waals surface area contributed by atoms with Gasteiger partial charge in [0.25, 0.3) is 5.91 Å². The van der Waals surface area contributed by atoms with Crippen molar-refractivity contribution in [3.05, 3.63) is 65.3 Å². The first-order chi connectivity index (χ1) is 13.8. The zero-order valence-corrected chi connectivity index (χ0v) is 17.1. The summed E-state index contributed by atoms with van der Waals surface area (Å²) in [6, 6.07) is 11.9. The maximum absolute atomic E-state index is 13.0. The second kappa shape index (κ2) is 7.66. The van der Waals surface area contributed by atoms with Crippen LogP contribution in [0.2, 0.25) is 0 Å². The van der Waals surface area contributed by atoms with E-state index in [0.717, 1.165) is 18.4 Å². The Labute approximate surface area is 172 Å². The number of rotatable bonds is 6. The van der Waals surface area contributed by atoms with Gasteiger partial charge in [-0.3, -0.25) is 10.1 Å². The number of hydrogen-bond acceptors (Lipinski definition) is 5. The van der Waals surface area contributed by atoms with Crippen LogP contribution >= 0.6 is 11.3 Å². The van der Waals surface area contributed by atoms with E-state index in [-0.39, 0.29) is 22.7 Å². The number of carbonyl (C=O) groups is 1. The number of halogens is 1. The molecule has 1 aromatic heterocycles. The summed E-state index contributed by atoms with van der Waals surface area (Å²) in [5.74, 6) is -0.712. The number of aromatic nitrogens is 1. The number of sulfonamides is 1. The molecule has 3 aromatic rings. The van der Waals surface area contributed by atoms with E-state index in [4.69, 9.17) is 0 Å². The van der Waals surface area contributed by atoms with Gasteiger partial charge in [-0.25, -0.2) is 17.8 Å². The minimum Gasteiger partial charge on any atom is -0.298 e. The third-order valence-corrected chi connectivity index (χ3v) is 7.40. The summed E-state index contributed by atoms with van der Waals surface area (Å²) in [5, 5.41) is 4.88. The van der Waals surface area contributed by atoms with Crippen LogP contribution in [-0.2, 0) is 10.0 Å². The van der Waals surface area contributed by atoms with Crippen LogP contribution < -0.4 is 5.32 Å². The first-order valence-corrected chi connectivity index (χ1v) is 11.3. The summed E-state index contributed by atoms with van der Waals surface area (Å²) < 4.78 is 39.5. The molecule has 4 rings (SSSR count). The van der Waals surface area contributed by atoms with Crippen LogP contribution in [-0.4, -0.2) is 36.7 Å². The molecule has 0 atom stereocenters. The number of nitrogens with one attached hydrogen (secondary N) is 1. The van der Waals surface area contributed by atoms with E-state index in [0.29, 0.717) is 16.4 Å². The first kappa shape index (κ1) is 19.7. The van der Waals surface area contributed by atoms with Crippen molar-refractivity contribution in [1.29, 1.82) is 0 Å². The van der Waals surface area contributed by atoms with Gasteiger partial charge in [0, 0.05) is 29.6 Å². The van der Waals surface area contributed by atoms with Gasteiger partial charge >= 0.3 is 0 Å². The second-order valence-corrected chi connectivity index (χ2v) is 9.63. The minimum absolute atomic E-state index is 0.0724. The Morgan fingerprint density at radius 3 is 2.41 bits per heavy atom. The second-order valence-electron chi connectivity index (χ2n) is 6.78. The maximum Gasteiger partial charge on any atom is 0.257 e. The van der Waals surface area contributed by atoms with E-state index in [1.807, 2.05) is 0 Å². The molecule has 29 heavy (non-hydrogen) atoms. The Kier molecular flexibility index (Phi) is 5.20. The van der Waals surface area contributed by atoms with Gasteiger partial charge < -0.3 is 0 Å². The van der Waals surface area contributed by atoms with Crippen LogP contribution in [0.15, 0.2) is 58.8 Å². The van der Waals surface area contributed by atoms with Crippen molar-refractivity contribution in [2.75, 3.05) is 12.4 Å². The molecule has 1 heterocycles. The Bertz CT molecular complexity index is 1140. The van der Waals surface area contributed by atoms with E-state index in [2.05, 4.69) is 10.3 Å². The van der Waals surface area contributed by atoms with E-state index in [1.54, 1.807) is 24.6 Å². The lowest BCUT2D eigenvalue weighted by atomic mass is 10.2. The highest BCUT2D eigenvalue weighted by Gasteiger charge is 2.35. The molecule has 0 saturated heterocycles. The minimum atomic E-state index is -3.54. The normalized spacial score (nSPS) is 14.2. The van der Waals surface area contributed by atoms with Crippen molar-refractivity contribution in [2.45, 2.75) is 23.8 Å². The highest BCUT2D eigenvalue weighted by molar-refractivity contribution is 7.89. The monoisotopic (exact) mass is 431 g/mol. The average molecular weight is 432 g/mol. The molecule has 0 bridgehead atoms. The van der Waals surface area contributed by atoms with Crippen molar-refractivity contribution in [3.8, 4) is 11.3 Å². The third-order valence-electron chi connectivity index (χ3n) is 4.72. The van der Waals surface area contributed by atoms with Crippen LogP contribution in [0.4, 0.5) is 9.52 Å². The number of hydrogen-bond donors (Lipinski definition) is 1. The van der Waals surface area contributed by atoms with Crippen LogP contribution in [0.1, 0.15) is 23.2 Å². The summed E-state index contributed by atoms with van der Waals surface area (Å²) in [6.45, 7) is 0. The van der Waals surface area contributed by atoms with Gasteiger partial charge in [0.15, 0.2) is 5.13 Å². The van der Waals surface area contributed by atoms with Gasteiger partial charge in [0.05, 0.1) is 10.6 Å². The number of anilines is 1. The standard InChI is InChI=1S/C20H18FN3O3S2/c1-24(16-8-9-16)29(26,27)17-10-4-14(5-11-17)19(25)23-20-22-18(12-28-20)13-2-6-15(21)7-3-13/h2-7,10-12,16H,8-9H2,1H3,(H,22,23,25). The van der Waals surface area contributed by atoms with Crippen LogP contribution in [0.3, 0.4) is 0 Å². The van der Waals surface area contributed by atoms with Crippen LogP contribution in [0.25, 0.3) is 11.3 Å². The predicted octanol–water partition coefficient (Wildman–Crippen LogP) is 3.98. The van der Waals surface area contributed by atoms with Gasteiger partial charge in [0.2, 0.25) is 10.0 Å². The maximum atomic E-state index is 13.0. The Morgan fingerprint density at radius 2 is 1.79 bits per heavy atom. The van der Waals surface area contributed by atoms with Crippen molar-refractivity contribution in [2.24, 2.45) is 0 Å². The summed E-state index contributed by atoms with van der Waals surface area (Å²) in [4.78, 5) is 17.0. The molecule has 1 N–H and O–H groups in total. The summed E-state index contributed by atoms with van der Waals surface area (Å²) in [7, 11) is -1.96. The van der Waals surface area contributed by atoms with Gasteiger partial charge in [-0.05, 0) is 61.4 Å². The lowest BCUT2D eigenvalue weighted by Crippen LogP contribution is -2.29. The van der Waals surface area contributed by atoms with Crippen molar-refractivity contribution >= 4 is 32.4 Å². The molecule has 2 aromatic carbocycles. The van der Waals surface area contributed by atoms with E-state index >= 15 is 0 Å². The molecule has 0 aliphatic heterocycles. The van der Waals surface area contributed by atoms with Crippen LogP contribution in [0.5, 0.6) is 0 Å². The molecular weight excluding hydrogens is 413 g/mol. The Morgan fingerprint density at radius 1 is 1.14 bits per heavy atom. The Balaban J connectivity index is 1.46. The molecule has 1 fully saturated rings. The summed E-state index contributed by atoms with van der Waals surface area (Å²) in [5.41, 5.74) is 1.71. The van der Waals surface area contributed by atoms with Crippen molar-refractivity contribution in [3.63, 3.8) is 0 Å². The number of amides is 1. The molecule has 9 heteroatoms. The highest BCUT2D eigenvalue weighted by atomic mass is 32.2. The fraction of sp³-hybridized carbons (Fsp3) is 0.200. The summed E-state index contributed by atoms with van der Waals surface area (Å²) >= 11 is 1.25. The number of thiazole rings is 1. The summed E-state index contributed by atoms with van der Waals surface area (Å²) in [6.07, 6.45) is 1.76. The lowest BCUT2D eigenvalue weighted by molar-refractivity contribution is 0.102. The van der Waals surface area contributed by atoms with Gasteiger partial charge in [0.1, 0.15) is 5.82 Å². The Hall–Kier alpha value is -2.62. The molecule has 1 amide bonds.